The zero-order valence-corrected chi connectivity index (χ0v) is 15.4. The summed E-state index contributed by atoms with van der Waals surface area (Å²) in [5.41, 5.74) is 0.700. The lowest BCUT2D eigenvalue weighted by Crippen LogP contribution is -2.11. The molecule has 122 valence electrons. The highest BCUT2D eigenvalue weighted by Crippen LogP contribution is 2.57. The molecule has 0 aliphatic heterocycles. The molecule has 1 aromatic carbocycles. The Balaban J connectivity index is 3.29. The van der Waals surface area contributed by atoms with E-state index in [1.807, 2.05) is 12.1 Å². The standard InChI is InChI=1S/C15H20BrO5P/c1-4-19-15(17)14(22(18,20-5-2)21-6-3)11-12-7-9-13(16)10-8-12/h7-11H,4-6H2,1-3H3/b14-11+. The van der Waals surface area contributed by atoms with Gasteiger partial charge in [-0.2, -0.15) is 0 Å². The number of carbonyl (C=O) groups excluding carboxylic acids is 1. The molecule has 1 rings (SSSR count). The van der Waals surface area contributed by atoms with Gasteiger partial charge in [-0.1, -0.05) is 28.1 Å². The molecule has 0 fully saturated rings. The molecule has 1 aromatic rings. The van der Waals surface area contributed by atoms with E-state index in [0.29, 0.717) is 5.56 Å². The number of carbonyl (C=O) groups is 1. The number of ether oxygens (including phenoxy) is 1. The van der Waals surface area contributed by atoms with Crippen LogP contribution in [0, 0.1) is 0 Å². The minimum absolute atomic E-state index is 0.0969. The molecule has 22 heavy (non-hydrogen) atoms. The van der Waals surface area contributed by atoms with Crippen LogP contribution in [0.1, 0.15) is 26.3 Å². The Labute approximate surface area is 139 Å². The third kappa shape index (κ3) is 5.36. The number of hydrogen-bond donors (Lipinski definition) is 0. The second kappa shape index (κ2) is 9.26. The Bertz CT molecular complexity index is 558. The van der Waals surface area contributed by atoms with Gasteiger partial charge < -0.3 is 13.8 Å². The smallest absolute Gasteiger partial charge is 0.368 e. The van der Waals surface area contributed by atoms with Crippen LogP contribution < -0.4 is 0 Å². The van der Waals surface area contributed by atoms with E-state index >= 15 is 0 Å². The van der Waals surface area contributed by atoms with Crippen LogP contribution in [0.5, 0.6) is 0 Å². The van der Waals surface area contributed by atoms with Gasteiger partial charge in [0.25, 0.3) is 0 Å². The normalized spacial score (nSPS) is 12.3. The van der Waals surface area contributed by atoms with Crippen LogP contribution in [0.15, 0.2) is 34.1 Å². The summed E-state index contributed by atoms with van der Waals surface area (Å²) in [5.74, 6) is -0.698. The van der Waals surface area contributed by atoms with Crippen molar-refractivity contribution in [1.82, 2.24) is 0 Å². The molecule has 0 aliphatic carbocycles. The van der Waals surface area contributed by atoms with Crippen LogP contribution in [-0.4, -0.2) is 25.8 Å². The molecule has 0 bridgehead atoms. The highest BCUT2D eigenvalue weighted by atomic mass is 79.9. The van der Waals surface area contributed by atoms with Gasteiger partial charge in [0.05, 0.1) is 19.8 Å². The second-order valence-corrected chi connectivity index (χ2v) is 7.04. The van der Waals surface area contributed by atoms with Crippen molar-refractivity contribution in [3.8, 4) is 0 Å². The molecule has 5 nitrogen and oxygen atoms in total. The largest absolute Gasteiger partial charge is 0.462 e. The third-order valence-corrected chi connectivity index (χ3v) is 5.18. The average molecular weight is 391 g/mol. The van der Waals surface area contributed by atoms with E-state index in [2.05, 4.69) is 15.9 Å². The molecule has 0 heterocycles. The zero-order chi connectivity index (χ0) is 16.6. The molecular weight excluding hydrogens is 371 g/mol. The molecule has 0 saturated heterocycles. The van der Waals surface area contributed by atoms with Crippen LogP contribution in [0.25, 0.3) is 6.08 Å². The molecule has 0 N–H and O–H groups in total. The maximum Gasteiger partial charge on any atom is 0.368 e. The molecular formula is C15H20BrO5P. The first-order valence-corrected chi connectivity index (χ1v) is 9.34. The monoisotopic (exact) mass is 390 g/mol. The molecule has 0 aromatic heterocycles. The van der Waals surface area contributed by atoms with E-state index in [1.54, 1.807) is 32.9 Å². The van der Waals surface area contributed by atoms with Crippen LogP contribution in [-0.2, 0) is 23.1 Å². The van der Waals surface area contributed by atoms with Crippen molar-refractivity contribution in [1.29, 1.82) is 0 Å². The fourth-order valence-corrected chi connectivity index (χ4v) is 3.58. The minimum Gasteiger partial charge on any atom is -0.462 e. The van der Waals surface area contributed by atoms with E-state index in [0.717, 1.165) is 4.47 Å². The number of halogens is 1. The van der Waals surface area contributed by atoms with Crippen molar-refractivity contribution in [2.75, 3.05) is 19.8 Å². The first kappa shape index (κ1) is 19.1. The molecule has 0 spiro atoms. The first-order chi connectivity index (χ1) is 10.5. The molecule has 0 saturated carbocycles. The van der Waals surface area contributed by atoms with E-state index in [4.69, 9.17) is 13.8 Å². The van der Waals surface area contributed by atoms with Gasteiger partial charge in [-0.25, -0.2) is 4.79 Å². The molecule has 0 unspecified atom stereocenters. The van der Waals surface area contributed by atoms with Gasteiger partial charge in [0, 0.05) is 4.47 Å². The maximum absolute atomic E-state index is 12.9. The predicted octanol–water partition coefficient (Wildman–Crippen LogP) is 4.62. The lowest BCUT2D eigenvalue weighted by Gasteiger charge is -2.19. The number of esters is 1. The minimum atomic E-state index is -3.72. The van der Waals surface area contributed by atoms with Gasteiger partial charge in [0.1, 0.15) is 5.31 Å². The van der Waals surface area contributed by atoms with Crippen LogP contribution in [0.3, 0.4) is 0 Å². The Morgan fingerprint density at radius 2 is 1.64 bits per heavy atom. The molecule has 7 heteroatoms. The molecule has 0 aliphatic rings. The van der Waals surface area contributed by atoms with Gasteiger partial charge in [-0.15, -0.1) is 0 Å². The van der Waals surface area contributed by atoms with Gasteiger partial charge >= 0.3 is 13.6 Å². The Hall–Kier alpha value is -0.940. The molecule has 0 amide bonds. The zero-order valence-electron chi connectivity index (χ0n) is 12.9. The van der Waals surface area contributed by atoms with E-state index < -0.39 is 13.6 Å². The summed E-state index contributed by atoms with van der Waals surface area (Å²) in [5, 5.41) is -0.0969. The highest BCUT2D eigenvalue weighted by molar-refractivity contribution is 9.10. The summed E-state index contributed by atoms with van der Waals surface area (Å²) in [6.45, 7) is 5.56. The van der Waals surface area contributed by atoms with Gasteiger partial charge in [0.2, 0.25) is 0 Å². The Kier molecular flexibility index (Phi) is 8.04. The van der Waals surface area contributed by atoms with Crippen LogP contribution in [0.2, 0.25) is 0 Å². The summed E-state index contributed by atoms with van der Waals surface area (Å²) < 4.78 is 29.3. The van der Waals surface area contributed by atoms with Crippen LogP contribution >= 0.6 is 23.5 Å². The second-order valence-electron chi connectivity index (χ2n) is 4.13. The van der Waals surface area contributed by atoms with Crippen molar-refractivity contribution >= 4 is 35.6 Å². The Morgan fingerprint density at radius 3 is 2.09 bits per heavy atom. The van der Waals surface area contributed by atoms with Crippen LogP contribution in [0.4, 0.5) is 0 Å². The Morgan fingerprint density at radius 1 is 1.09 bits per heavy atom. The van der Waals surface area contributed by atoms with Gasteiger partial charge in [-0.05, 0) is 44.5 Å². The fourth-order valence-electron chi connectivity index (χ4n) is 1.69. The summed E-state index contributed by atoms with van der Waals surface area (Å²) in [6, 6.07) is 7.21. The highest BCUT2D eigenvalue weighted by Gasteiger charge is 2.35. The summed E-state index contributed by atoms with van der Waals surface area (Å²) in [4.78, 5) is 12.2. The van der Waals surface area contributed by atoms with E-state index in [9.17, 15) is 9.36 Å². The average Bonchev–Trinajstić information content (AvgIpc) is 2.47. The topological polar surface area (TPSA) is 61.8 Å². The van der Waals surface area contributed by atoms with Crippen molar-refractivity contribution < 1.29 is 23.1 Å². The number of rotatable bonds is 8. The number of hydrogen-bond acceptors (Lipinski definition) is 5. The van der Waals surface area contributed by atoms with Crippen molar-refractivity contribution in [2.24, 2.45) is 0 Å². The van der Waals surface area contributed by atoms with Gasteiger partial charge in [0.15, 0.2) is 0 Å². The van der Waals surface area contributed by atoms with Crippen molar-refractivity contribution in [3.05, 3.63) is 39.6 Å². The SMILES string of the molecule is CCOC(=O)/C(=C\c1ccc(Br)cc1)P(=O)(OCC)OCC. The maximum atomic E-state index is 12.9. The van der Waals surface area contributed by atoms with Crippen molar-refractivity contribution in [3.63, 3.8) is 0 Å². The van der Waals surface area contributed by atoms with Crippen molar-refractivity contribution in [2.45, 2.75) is 20.8 Å². The van der Waals surface area contributed by atoms with E-state index in [-0.39, 0.29) is 25.1 Å². The quantitative estimate of drug-likeness (QED) is 0.368. The third-order valence-electron chi connectivity index (χ3n) is 2.55. The number of benzene rings is 1. The first-order valence-electron chi connectivity index (χ1n) is 7.00. The lowest BCUT2D eigenvalue weighted by molar-refractivity contribution is -0.137. The summed E-state index contributed by atoms with van der Waals surface area (Å²) >= 11 is 3.34. The van der Waals surface area contributed by atoms with Gasteiger partial charge in [-0.3, -0.25) is 4.57 Å². The molecule has 0 radical (unpaired) electrons. The molecule has 0 atom stereocenters. The predicted molar refractivity (Wildman–Crippen MR) is 89.6 cm³/mol. The summed E-state index contributed by atoms with van der Waals surface area (Å²) in [6.07, 6.45) is 1.48. The fraction of sp³-hybridized carbons (Fsp3) is 0.400. The summed E-state index contributed by atoms with van der Waals surface area (Å²) in [7, 11) is -3.72. The lowest BCUT2D eigenvalue weighted by atomic mass is 10.2. The van der Waals surface area contributed by atoms with E-state index in [1.165, 1.54) is 6.08 Å².